The molecule has 1 atom stereocenters. The summed E-state index contributed by atoms with van der Waals surface area (Å²) in [6.07, 6.45) is 10.4. The lowest BCUT2D eigenvalue weighted by Gasteiger charge is -2.31. The van der Waals surface area contributed by atoms with Gasteiger partial charge in [0.05, 0.1) is 0 Å². The summed E-state index contributed by atoms with van der Waals surface area (Å²) in [5.74, 6) is 3.89. The molecule has 3 rings (SSSR count). The Balaban J connectivity index is 1.78. The van der Waals surface area contributed by atoms with E-state index in [1.807, 2.05) is 6.92 Å². The summed E-state index contributed by atoms with van der Waals surface area (Å²) in [5.41, 5.74) is 7.10. The zero-order chi connectivity index (χ0) is 14.8. The zero-order valence-corrected chi connectivity index (χ0v) is 13.4. The molecule has 1 heterocycles. The molecule has 0 radical (unpaired) electrons. The van der Waals surface area contributed by atoms with Gasteiger partial charge in [0.1, 0.15) is 17.5 Å². The fourth-order valence-electron chi connectivity index (χ4n) is 3.48. The number of nitrogens with two attached hydrogens (primary N) is 1. The Bertz CT molecular complexity index is 490. The van der Waals surface area contributed by atoms with E-state index in [2.05, 4.69) is 17.2 Å². The number of hydrogen-bond donors (Lipinski definition) is 2. The molecule has 2 aliphatic carbocycles. The van der Waals surface area contributed by atoms with Crippen LogP contribution in [0.2, 0.25) is 0 Å². The van der Waals surface area contributed by atoms with Crippen LogP contribution in [0.4, 0.5) is 11.6 Å². The van der Waals surface area contributed by atoms with E-state index in [1.54, 1.807) is 0 Å². The molecule has 0 aliphatic heterocycles. The van der Waals surface area contributed by atoms with Gasteiger partial charge >= 0.3 is 0 Å². The van der Waals surface area contributed by atoms with Crippen LogP contribution in [0.25, 0.3) is 0 Å². The highest BCUT2D eigenvalue weighted by molar-refractivity contribution is 5.55. The Hall–Kier alpha value is -1.32. The average Bonchev–Trinajstić information content (AvgIpc) is 3.34. The van der Waals surface area contributed by atoms with Gasteiger partial charge in [-0.25, -0.2) is 9.97 Å². The number of aromatic nitrogens is 2. The number of anilines is 2. The van der Waals surface area contributed by atoms with Crippen LogP contribution in [0.15, 0.2) is 0 Å². The summed E-state index contributed by atoms with van der Waals surface area (Å²) < 4.78 is 0. The maximum Gasteiger partial charge on any atom is 0.136 e. The molecule has 2 aliphatic rings. The minimum Gasteiger partial charge on any atom is -0.383 e. The second kappa shape index (κ2) is 6.20. The van der Waals surface area contributed by atoms with Crippen molar-refractivity contribution in [2.75, 3.05) is 11.1 Å². The standard InChI is InChI=1S/C17H28N4/c1-3-14(12-7-5-4-6-8-12)19-16-11(2)15(18)20-17(21-16)13-9-10-13/h12-14H,3-10H2,1-2H3,(H3,18,19,20,21). The molecule has 0 spiro atoms. The molecule has 1 unspecified atom stereocenters. The van der Waals surface area contributed by atoms with Crippen molar-refractivity contribution < 1.29 is 0 Å². The highest BCUT2D eigenvalue weighted by Gasteiger charge is 2.29. The van der Waals surface area contributed by atoms with Gasteiger partial charge in [-0.15, -0.1) is 0 Å². The summed E-state index contributed by atoms with van der Waals surface area (Å²) in [7, 11) is 0. The van der Waals surface area contributed by atoms with Crippen LogP contribution < -0.4 is 11.1 Å². The topological polar surface area (TPSA) is 63.8 Å². The Morgan fingerprint density at radius 3 is 2.48 bits per heavy atom. The summed E-state index contributed by atoms with van der Waals surface area (Å²) in [4.78, 5) is 9.24. The third-order valence-corrected chi connectivity index (χ3v) is 5.12. The van der Waals surface area contributed by atoms with Gasteiger partial charge in [0, 0.05) is 17.5 Å². The predicted octanol–water partition coefficient (Wildman–Crippen LogP) is 4.02. The Morgan fingerprint density at radius 2 is 1.86 bits per heavy atom. The van der Waals surface area contributed by atoms with Crippen LogP contribution in [-0.2, 0) is 0 Å². The van der Waals surface area contributed by atoms with Crippen LogP contribution in [0.3, 0.4) is 0 Å². The van der Waals surface area contributed by atoms with Crippen molar-refractivity contribution in [2.24, 2.45) is 5.92 Å². The third kappa shape index (κ3) is 3.30. The average molecular weight is 288 g/mol. The van der Waals surface area contributed by atoms with Gasteiger partial charge in [0.15, 0.2) is 0 Å². The SMILES string of the molecule is CCC(Nc1nc(C2CC2)nc(N)c1C)C1CCCCC1. The Labute approximate surface area is 127 Å². The first kappa shape index (κ1) is 14.6. The first-order valence-corrected chi connectivity index (χ1v) is 8.59. The van der Waals surface area contributed by atoms with Crippen molar-refractivity contribution in [1.82, 2.24) is 9.97 Å². The van der Waals surface area contributed by atoms with Crippen LogP contribution in [0.1, 0.15) is 75.6 Å². The predicted molar refractivity (Wildman–Crippen MR) is 87.4 cm³/mol. The van der Waals surface area contributed by atoms with Gasteiger partial charge in [0.25, 0.3) is 0 Å². The van der Waals surface area contributed by atoms with Gasteiger partial charge in [-0.05, 0) is 44.9 Å². The maximum atomic E-state index is 6.09. The number of nitrogens with one attached hydrogen (secondary N) is 1. The van der Waals surface area contributed by atoms with Crippen LogP contribution >= 0.6 is 0 Å². The van der Waals surface area contributed by atoms with Crippen LogP contribution in [0, 0.1) is 12.8 Å². The minimum atomic E-state index is 0.519. The van der Waals surface area contributed by atoms with Gasteiger partial charge in [-0.2, -0.15) is 0 Å². The van der Waals surface area contributed by atoms with Crippen LogP contribution in [-0.4, -0.2) is 16.0 Å². The smallest absolute Gasteiger partial charge is 0.136 e. The Kier molecular flexibility index (Phi) is 4.32. The highest BCUT2D eigenvalue weighted by Crippen LogP contribution is 2.39. The second-order valence-electron chi connectivity index (χ2n) is 6.77. The second-order valence-corrected chi connectivity index (χ2v) is 6.77. The molecule has 0 amide bonds. The van der Waals surface area contributed by atoms with Crippen LogP contribution in [0.5, 0.6) is 0 Å². The largest absolute Gasteiger partial charge is 0.383 e. The summed E-state index contributed by atoms with van der Waals surface area (Å²) in [6, 6.07) is 0.519. The van der Waals surface area contributed by atoms with Crippen molar-refractivity contribution in [3.8, 4) is 0 Å². The van der Waals surface area contributed by atoms with Gasteiger partial charge in [0.2, 0.25) is 0 Å². The number of rotatable bonds is 5. The lowest BCUT2D eigenvalue weighted by Crippen LogP contribution is -2.31. The third-order valence-electron chi connectivity index (χ3n) is 5.12. The quantitative estimate of drug-likeness (QED) is 0.859. The number of nitrogens with zero attached hydrogens (tertiary/aromatic N) is 2. The first-order chi connectivity index (χ1) is 10.2. The van der Waals surface area contributed by atoms with E-state index < -0.39 is 0 Å². The van der Waals surface area contributed by atoms with Crippen molar-refractivity contribution >= 4 is 11.6 Å². The molecule has 116 valence electrons. The molecule has 21 heavy (non-hydrogen) atoms. The fourth-order valence-corrected chi connectivity index (χ4v) is 3.48. The lowest BCUT2D eigenvalue weighted by molar-refractivity contribution is 0.312. The maximum absolute atomic E-state index is 6.09. The van der Waals surface area contributed by atoms with E-state index in [1.165, 1.54) is 44.9 Å². The Morgan fingerprint density at radius 1 is 1.14 bits per heavy atom. The van der Waals surface area contributed by atoms with E-state index in [-0.39, 0.29) is 0 Å². The normalized spacial score (nSPS) is 21.2. The summed E-state index contributed by atoms with van der Waals surface area (Å²) in [6.45, 7) is 4.30. The molecule has 2 fully saturated rings. The molecule has 0 aromatic carbocycles. The molecule has 4 heteroatoms. The van der Waals surface area contributed by atoms with Crippen molar-refractivity contribution in [3.05, 3.63) is 11.4 Å². The minimum absolute atomic E-state index is 0.519. The van der Waals surface area contributed by atoms with Gasteiger partial charge in [-0.1, -0.05) is 26.2 Å². The molecule has 0 bridgehead atoms. The van der Waals surface area contributed by atoms with E-state index in [0.717, 1.165) is 29.5 Å². The zero-order valence-electron chi connectivity index (χ0n) is 13.4. The van der Waals surface area contributed by atoms with Crippen molar-refractivity contribution in [1.29, 1.82) is 0 Å². The monoisotopic (exact) mass is 288 g/mol. The molecule has 1 aromatic heterocycles. The van der Waals surface area contributed by atoms with Gasteiger partial charge < -0.3 is 11.1 Å². The summed E-state index contributed by atoms with van der Waals surface area (Å²) in [5, 5.41) is 3.70. The molecule has 2 saturated carbocycles. The van der Waals surface area contributed by atoms with E-state index in [4.69, 9.17) is 10.7 Å². The fraction of sp³-hybridized carbons (Fsp3) is 0.765. The molecular formula is C17H28N4. The van der Waals surface area contributed by atoms with Crippen molar-refractivity contribution in [3.63, 3.8) is 0 Å². The lowest BCUT2D eigenvalue weighted by atomic mass is 9.83. The molecule has 0 saturated heterocycles. The van der Waals surface area contributed by atoms with E-state index in [9.17, 15) is 0 Å². The molecule has 4 nitrogen and oxygen atoms in total. The number of hydrogen-bond acceptors (Lipinski definition) is 4. The number of nitrogen functional groups attached to an aromatic ring is 1. The molecular weight excluding hydrogens is 260 g/mol. The van der Waals surface area contributed by atoms with Gasteiger partial charge in [-0.3, -0.25) is 0 Å². The van der Waals surface area contributed by atoms with Crippen molar-refractivity contribution in [2.45, 2.75) is 77.2 Å². The summed E-state index contributed by atoms with van der Waals surface area (Å²) >= 11 is 0. The van der Waals surface area contributed by atoms with E-state index in [0.29, 0.717) is 17.8 Å². The molecule has 3 N–H and O–H groups in total. The first-order valence-electron chi connectivity index (χ1n) is 8.59. The van der Waals surface area contributed by atoms with E-state index >= 15 is 0 Å². The highest BCUT2D eigenvalue weighted by atomic mass is 15.1. The molecule has 1 aromatic rings.